The number of hydrogen-bond donors (Lipinski definition) is 1. The average molecular weight is 267 g/mol. The molecule has 18 heavy (non-hydrogen) atoms. The van der Waals surface area contributed by atoms with Crippen LogP contribution in [-0.4, -0.2) is 44.7 Å². The highest BCUT2D eigenvalue weighted by atomic mass is 19.4. The maximum Gasteiger partial charge on any atom is 0.404 e. The van der Waals surface area contributed by atoms with E-state index in [0.717, 1.165) is 0 Å². The first kappa shape index (κ1) is 14.1. The highest BCUT2D eigenvalue weighted by molar-refractivity contribution is 4.94. The van der Waals surface area contributed by atoms with E-state index >= 15 is 0 Å². The molecule has 0 radical (unpaired) electrons. The zero-order valence-electron chi connectivity index (χ0n) is 10.6. The van der Waals surface area contributed by atoms with Gasteiger partial charge in [-0.3, -0.25) is 0 Å². The monoisotopic (exact) mass is 267 g/mol. The summed E-state index contributed by atoms with van der Waals surface area (Å²) in [6.45, 7) is 1.59. The highest BCUT2D eigenvalue weighted by Gasteiger charge is 2.49. The Labute approximate surface area is 105 Å². The van der Waals surface area contributed by atoms with Gasteiger partial charge >= 0.3 is 6.18 Å². The number of alkyl halides is 3. The molecule has 2 heterocycles. The third kappa shape index (κ3) is 2.97. The van der Waals surface area contributed by atoms with Crippen LogP contribution in [0.1, 0.15) is 25.7 Å². The van der Waals surface area contributed by atoms with Crippen molar-refractivity contribution in [3.8, 4) is 0 Å². The molecule has 1 spiro atoms. The van der Waals surface area contributed by atoms with Crippen LogP contribution in [0.2, 0.25) is 0 Å². The molecule has 2 atom stereocenters. The fraction of sp³-hybridized carbons (Fsp3) is 1.00. The minimum Gasteiger partial charge on any atom is -0.381 e. The summed E-state index contributed by atoms with van der Waals surface area (Å²) in [6, 6.07) is -1.43. The van der Waals surface area contributed by atoms with E-state index in [1.807, 2.05) is 0 Å². The third-order valence-corrected chi connectivity index (χ3v) is 4.07. The number of rotatable bonds is 2. The van der Waals surface area contributed by atoms with Crippen molar-refractivity contribution in [1.29, 1.82) is 0 Å². The van der Waals surface area contributed by atoms with Crippen LogP contribution < -0.4 is 5.32 Å². The summed E-state index contributed by atoms with van der Waals surface area (Å²) in [7, 11) is 1.38. The quantitative estimate of drug-likeness (QED) is 0.831. The van der Waals surface area contributed by atoms with Gasteiger partial charge in [0.25, 0.3) is 0 Å². The van der Waals surface area contributed by atoms with Crippen molar-refractivity contribution in [1.82, 2.24) is 5.32 Å². The van der Waals surface area contributed by atoms with E-state index in [1.165, 1.54) is 7.05 Å². The molecule has 2 aliphatic rings. The third-order valence-electron chi connectivity index (χ3n) is 4.07. The summed E-state index contributed by atoms with van der Waals surface area (Å²) in [5.74, 6) is -0.401. The molecule has 0 aliphatic carbocycles. The van der Waals surface area contributed by atoms with E-state index in [1.54, 1.807) is 0 Å². The first-order chi connectivity index (χ1) is 8.47. The van der Waals surface area contributed by atoms with E-state index in [9.17, 15) is 13.2 Å². The van der Waals surface area contributed by atoms with Gasteiger partial charge in [0.15, 0.2) is 0 Å². The molecule has 2 aliphatic heterocycles. The Kier molecular flexibility index (Phi) is 4.18. The van der Waals surface area contributed by atoms with Gasteiger partial charge in [0, 0.05) is 19.8 Å². The van der Waals surface area contributed by atoms with Gasteiger partial charge in [-0.25, -0.2) is 0 Å². The lowest BCUT2D eigenvalue weighted by atomic mass is 9.77. The van der Waals surface area contributed by atoms with E-state index in [-0.39, 0.29) is 5.60 Å². The fourth-order valence-electron chi connectivity index (χ4n) is 3.11. The summed E-state index contributed by atoms with van der Waals surface area (Å²) in [5, 5.41) is 2.42. The molecule has 0 saturated carbocycles. The van der Waals surface area contributed by atoms with Gasteiger partial charge in [0.05, 0.1) is 5.60 Å². The molecule has 1 N–H and O–H groups in total. The second-order valence-electron chi connectivity index (χ2n) is 5.20. The van der Waals surface area contributed by atoms with Gasteiger partial charge in [-0.1, -0.05) is 0 Å². The molecule has 0 aromatic carbocycles. The summed E-state index contributed by atoms with van der Waals surface area (Å²) in [6.07, 6.45) is -1.84. The van der Waals surface area contributed by atoms with Crippen LogP contribution in [0.25, 0.3) is 0 Å². The van der Waals surface area contributed by atoms with Crippen LogP contribution in [0.3, 0.4) is 0 Å². The summed E-state index contributed by atoms with van der Waals surface area (Å²) in [5.41, 5.74) is -0.387. The van der Waals surface area contributed by atoms with Gasteiger partial charge < -0.3 is 14.8 Å². The first-order valence-corrected chi connectivity index (χ1v) is 6.42. The Balaban J connectivity index is 2.05. The van der Waals surface area contributed by atoms with Crippen LogP contribution in [0.15, 0.2) is 0 Å². The lowest BCUT2D eigenvalue weighted by Gasteiger charge is -2.45. The van der Waals surface area contributed by atoms with Gasteiger partial charge in [0.1, 0.15) is 6.04 Å². The molecule has 2 unspecified atom stereocenters. The zero-order chi connectivity index (χ0) is 13.2. The minimum atomic E-state index is -4.19. The minimum absolute atomic E-state index is 0.387. The van der Waals surface area contributed by atoms with E-state index in [4.69, 9.17) is 9.47 Å². The number of halogens is 3. The fourth-order valence-corrected chi connectivity index (χ4v) is 3.11. The molecular weight excluding hydrogens is 247 g/mol. The Hall–Kier alpha value is -0.330. The molecule has 2 rings (SSSR count). The van der Waals surface area contributed by atoms with Gasteiger partial charge in [-0.2, -0.15) is 13.2 Å². The smallest absolute Gasteiger partial charge is 0.381 e. The van der Waals surface area contributed by atoms with E-state index in [0.29, 0.717) is 45.5 Å². The molecule has 0 aromatic heterocycles. The van der Waals surface area contributed by atoms with E-state index < -0.39 is 18.1 Å². The molecule has 0 bridgehead atoms. The Bertz CT molecular complexity index is 271. The second kappa shape index (κ2) is 5.35. The molecule has 0 aromatic rings. The molecule has 6 heteroatoms. The Morgan fingerprint density at radius 1 is 1.22 bits per heavy atom. The van der Waals surface area contributed by atoms with Crippen LogP contribution in [0.4, 0.5) is 13.2 Å². The molecule has 2 fully saturated rings. The zero-order valence-corrected chi connectivity index (χ0v) is 10.6. The van der Waals surface area contributed by atoms with Crippen LogP contribution in [0, 0.1) is 5.92 Å². The summed E-state index contributed by atoms with van der Waals surface area (Å²) >= 11 is 0. The molecule has 3 nitrogen and oxygen atoms in total. The predicted molar refractivity (Wildman–Crippen MR) is 60.4 cm³/mol. The lowest BCUT2D eigenvalue weighted by Crippen LogP contribution is -2.53. The van der Waals surface area contributed by atoms with Gasteiger partial charge in [-0.15, -0.1) is 0 Å². The average Bonchev–Trinajstić information content (AvgIpc) is 2.29. The standard InChI is InChI=1S/C12H20F3NO2/c1-16-10(12(13,14)15)9-2-5-18-11(8-9)3-6-17-7-4-11/h9-10,16H,2-8H2,1H3. The maximum absolute atomic E-state index is 12.9. The SMILES string of the molecule is CNC(C1CCOC2(CCOCC2)C1)C(F)(F)F. The van der Waals surface area contributed by atoms with Gasteiger partial charge in [-0.05, 0) is 38.6 Å². The molecule has 106 valence electrons. The van der Waals surface area contributed by atoms with Crippen molar-refractivity contribution in [2.75, 3.05) is 26.9 Å². The topological polar surface area (TPSA) is 30.5 Å². The predicted octanol–water partition coefficient (Wildman–Crippen LogP) is 2.11. The summed E-state index contributed by atoms with van der Waals surface area (Å²) < 4.78 is 49.8. The van der Waals surface area contributed by atoms with Crippen molar-refractivity contribution in [2.24, 2.45) is 5.92 Å². The van der Waals surface area contributed by atoms with Crippen LogP contribution in [-0.2, 0) is 9.47 Å². The van der Waals surface area contributed by atoms with Crippen molar-refractivity contribution < 1.29 is 22.6 Å². The van der Waals surface area contributed by atoms with Crippen LogP contribution >= 0.6 is 0 Å². The number of nitrogens with one attached hydrogen (secondary N) is 1. The van der Waals surface area contributed by atoms with E-state index in [2.05, 4.69) is 5.32 Å². The normalized spacial score (nSPS) is 30.3. The largest absolute Gasteiger partial charge is 0.404 e. The molecule has 0 amide bonds. The maximum atomic E-state index is 12.9. The van der Waals surface area contributed by atoms with Gasteiger partial charge in [0.2, 0.25) is 0 Å². The Morgan fingerprint density at radius 2 is 1.89 bits per heavy atom. The lowest BCUT2D eigenvalue weighted by molar-refractivity contribution is -0.196. The highest BCUT2D eigenvalue weighted by Crippen LogP contribution is 2.41. The van der Waals surface area contributed by atoms with Crippen molar-refractivity contribution in [2.45, 2.75) is 43.5 Å². The molecule has 2 saturated heterocycles. The van der Waals surface area contributed by atoms with Crippen LogP contribution in [0.5, 0.6) is 0 Å². The number of hydrogen-bond acceptors (Lipinski definition) is 3. The van der Waals surface area contributed by atoms with Crippen molar-refractivity contribution >= 4 is 0 Å². The Morgan fingerprint density at radius 3 is 2.44 bits per heavy atom. The summed E-state index contributed by atoms with van der Waals surface area (Å²) in [4.78, 5) is 0. The van der Waals surface area contributed by atoms with Crippen molar-refractivity contribution in [3.63, 3.8) is 0 Å². The molecular formula is C12H20F3NO2. The number of ether oxygens (including phenoxy) is 2. The van der Waals surface area contributed by atoms with Crippen molar-refractivity contribution in [3.05, 3.63) is 0 Å². The second-order valence-corrected chi connectivity index (χ2v) is 5.20. The first-order valence-electron chi connectivity index (χ1n) is 6.42.